The van der Waals surface area contributed by atoms with Crippen LogP contribution in [-0.4, -0.2) is 46.9 Å². The molecule has 33 heavy (non-hydrogen) atoms. The van der Waals surface area contributed by atoms with Crippen LogP contribution in [0.2, 0.25) is 0 Å². The number of fused-ring (bicyclic) bond motifs is 2. The van der Waals surface area contributed by atoms with Crippen molar-refractivity contribution in [1.29, 1.82) is 0 Å². The first-order valence-corrected chi connectivity index (χ1v) is 10.4. The van der Waals surface area contributed by atoms with Crippen LogP contribution in [0.4, 0.5) is 4.39 Å². The topological polar surface area (TPSA) is 101 Å². The van der Waals surface area contributed by atoms with E-state index in [-0.39, 0.29) is 12.3 Å². The first-order valence-electron chi connectivity index (χ1n) is 10.4. The van der Waals surface area contributed by atoms with Crippen molar-refractivity contribution in [1.82, 2.24) is 34.3 Å². The number of aryl methyl sites for hydroxylation is 1. The maximum atomic E-state index is 15.1. The van der Waals surface area contributed by atoms with Crippen LogP contribution in [0.15, 0.2) is 49.3 Å². The number of imidazole rings is 1. The number of esters is 1. The van der Waals surface area contributed by atoms with Crippen LogP contribution in [-0.2, 0) is 11.8 Å². The quantitative estimate of drug-likeness (QED) is 0.380. The second kappa shape index (κ2) is 8.05. The molecule has 10 heteroatoms. The highest BCUT2D eigenvalue weighted by atomic mass is 19.1. The maximum absolute atomic E-state index is 15.1. The van der Waals surface area contributed by atoms with Gasteiger partial charge >= 0.3 is 5.97 Å². The van der Waals surface area contributed by atoms with Crippen molar-refractivity contribution in [2.45, 2.75) is 19.9 Å². The van der Waals surface area contributed by atoms with Gasteiger partial charge in [-0.15, -0.1) is 0 Å². The fourth-order valence-corrected chi connectivity index (χ4v) is 3.76. The minimum Gasteiger partial charge on any atom is -0.461 e. The summed E-state index contributed by atoms with van der Waals surface area (Å²) in [6.45, 7) is 3.78. The minimum atomic E-state index is -0.571. The molecule has 0 fully saturated rings. The van der Waals surface area contributed by atoms with Gasteiger partial charge in [0.1, 0.15) is 5.82 Å². The van der Waals surface area contributed by atoms with Crippen molar-refractivity contribution in [2.24, 2.45) is 7.05 Å². The summed E-state index contributed by atoms with van der Waals surface area (Å²) in [5.74, 6) is -0.967. The highest BCUT2D eigenvalue weighted by Crippen LogP contribution is 2.29. The van der Waals surface area contributed by atoms with Gasteiger partial charge in [-0.3, -0.25) is 9.67 Å². The van der Waals surface area contributed by atoms with Gasteiger partial charge in [-0.2, -0.15) is 5.10 Å². The Bertz CT molecular complexity index is 1510. The zero-order valence-corrected chi connectivity index (χ0v) is 18.2. The second-order valence-corrected chi connectivity index (χ2v) is 7.64. The number of rotatable bonds is 5. The van der Waals surface area contributed by atoms with E-state index >= 15 is 4.39 Å². The van der Waals surface area contributed by atoms with Crippen molar-refractivity contribution in [3.63, 3.8) is 0 Å². The van der Waals surface area contributed by atoms with Crippen molar-refractivity contribution in [3.05, 3.63) is 66.4 Å². The molecule has 0 bridgehead atoms. The van der Waals surface area contributed by atoms with E-state index in [1.165, 1.54) is 18.6 Å². The largest absolute Gasteiger partial charge is 0.461 e. The molecule has 4 heterocycles. The lowest BCUT2D eigenvalue weighted by molar-refractivity contribution is 0.0519. The number of pyridine rings is 1. The lowest BCUT2D eigenvalue weighted by Gasteiger charge is -2.16. The van der Waals surface area contributed by atoms with E-state index in [1.807, 2.05) is 26.2 Å². The number of halogens is 1. The molecule has 1 unspecified atom stereocenters. The maximum Gasteiger partial charge on any atom is 0.358 e. The van der Waals surface area contributed by atoms with Crippen LogP contribution in [0.25, 0.3) is 33.3 Å². The molecule has 0 amide bonds. The van der Waals surface area contributed by atoms with E-state index < -0.39 is 17.8 Å². The number of carbonyl (C=O) groups excluding carboxylic acids is 1. The third-order valence-corrected chi connectivity index (χ3v) is 5.47. The number of benzene rings is 1. The van der Waals surface area contributed by atoms with Crippen LogP contribution in [0, 0.1) is 5.82 Å². The highest BCUT2D eigenvalue weighted by Gasteiger charge is 2.20. The summed E-state index contributed by atoms with van der Waals surface area (Å²) >= 11 is 0. The summed E-state index contributed by atoms with van der Waals surface area (Å²) in [6.07, 6.45) is 8.22. The van der Waals surface area contributed by atoms with Crippen molar-refractivity contribution < 1.29 is 13.9 Å². The molecule has 166 valence electrons. The molecular formula is C23H20FN7O2. The van der Waals surface area contributed by atoms with Gasteiger partial charge in [0.05, 0.1) is 36.9 Å². The molecule has 0 aliphatic heterocycles. The van der Waals surface area contributed by atoms with Crippen molar-refractivity contribution in [2.75, 3.05) is 6.61 Å². The first kappa shape index (κ1) is 20.7. The zero-order chi connectivity index (χ0) is 23.1. The summed E-state index contributed by atoms with van der Waals surface area (Å²) < 4.78 is 23.5. The van der Waals surface area contributed by atoms with Gasteiger partial charge in [-0.05, 0) is 26.0 Å². The van der Waals surface area contributed by atoms with Gasteiger partial charge in [0.25, 0.3) is 0 Å². The molecule has 5 rings (SSSR count). The summed E-state index contributed by atoms with van der Waals surface area (Å²) in [6, 6.07) is 4.69. The SMILES string of the molecule is CCOC(=O)c1cnc2ncn(C(C)c3cc4cc(-c5cnn(C)c5)cnc4cc3F)c2n1. The predicted molar refractivity (Wildman–Crippen MR) is 119 cm³/mol. The van der Waals surface area contributed by atoms with Gasteiger partial charge in [-0.1, -0.05) is 0 Å². The van der Waals surface area contributed by atoms with E-state index in [9.17, 15) is 4.79 Å². The monoisotopic (exact) mass is 445 g/mol. The Morgan fingerprint density at radius 1 is 1.12 bits per heavy atom. The van der Waals surface area contributed by atoms with E-state index in [0.717, 1.165) is 16.5 Å². The fraction of sp³-hybridized carbons (Fsp3) is 0.217. The zero-order valence-electron chi connectivity index (χ0n) is 18.2. The Kier molecular flexibility index (Phi) is 5.04. The predicted octanol–water partition coefficient (Wildman–Crippen LogP) is 3.70. The molecular weight excluding hydrogens is 425 g/mol. The summed E-state index contributed by atoms with van der Waals surface area (Å²) in [5.41, 5.74) is 3.60. The average Bonchev–Trinajstić information content (AvgIpc) is 3.44. The first-order chi connectivity index (χ1) is 15.9. The molecule has 0 N–H and O–H groups in total. The molecule has 0 aliphatic carbocycles. The summed E-state index contributed by atoms with van der Waals surface area (Å²) in [5, 5.41) is 4.99. The number of carbonyl (C=O) groups is 1. The van der Waals surface area contributed by atoms with Crippen LogP contribution in [0.5, 0.6) is 0 Å². The van der Waals surface area contributed by atoms with Crippen LogP contribution in [0.3, 0.4) is 0 Å². The highest BCUT2D eigenvalue weighted by molar-refractivity contribution is 5.88. The van der Waals surface area contributed by atoms with E-state index in [4.69, 9.17) is 4.74 Å². The van der Waals surface area contributed by atoms with Gasteiger partial charge in [0, 0.05) is 47.6 Å². The summed E-state index contributed by atoms with van der Waals surface area (Å²) in [4.78, 5) is 29.3. The molecule has 4 aromatic heterocycles. The van der Waals surface area contributed by atoms with Gasteiger partial charge in [-0.25, -0.2) is 24.1 Å². The Hall–Kier alpha value is -4.21. The molecule has 5 aromatic rings. The molecule has 0 radical (unpaired) electrons. The third kappa shape index (κ3) is 3.69. The number of hydrogen-bond acceptors (Lipinski definition) is 7. The Morgan fingerprint density at radius 3 is 2.73 bits per heavy atom. The van der Waals surface area contributed by atoms with Crippen molar-refractivity contribution >= 4 is 28.2 Å². The second-order valence-electron chi connectivity index (χ2n) is 7.64. The molecule has 0 spiro atoms. The van der Waals surface area contributed by atoms with Crippen LogP contribution >= 0.6 is 0 Å². The Morgan fingerprint density at radius 2 is 1.97 bits per heavy atom. The molecule has 9 nitrogen and oxygen atoms in total. The molecule has 0 aliphatic rings. The number of ether oxygens (including phenoxy) is 1. The van der Waals surface area contributed by atoms with Crippen LogP contribution in [0.1, 0.15) is 35.9 Å². The molecule has 0 saturated heterocycles. The van der Waals surface area contributed by atoms with Gasteiger partial charge in [0.2, 0.25) is 0 Å². The smallest absolute Gasteiger partial charge is 0.358 e. The fourth-order valence-electron chi connectivity index (χ4n) is 3.76. The van der Waals surface area contributed by atoms with E-state index in [1.54, 1.807) is 34.6 Å². The lowest BCUT2D eigenvalue weighted by Crippen LogP contribution is -2.12. The molecule has 1 aromatic carbocycles. The van der Waals surface area contributed by atoms with E-state index in [0.29, 0.717) is 22.4 Å². The average molecular weight is 445 g/mol. The van der Waals surface area contributed by atoms with E-state index in [2.05, 4.69) is 25.0 Å². The lowest BCUT2D eigenvalue weighted by atomic mass is 10.0. The number of hydrogen-bond donors (Lipinski definition) is 0. The number of aromatic nitrogens is 7. The van der Waals surface area contributed by atoms with Crippen molar-refractivity contribution in [3.8, 4) is 11.1 Å². The normalized spacial score (nSPS) is 12.4. The minimum absolute atomic E-state index is 0.0718. The standard InChI is InChI=1S/C23H20FN7O2/c1-4-33-23(32)20-10-26-21-22(29-20)31(12-27-21)13(2)17-6-14-5-15(16-9-28-30(3)11-16)8-25-19(14)7-18(17)24/h5-13H,4H2,1-3H3. The van der Waals surface area contributed by atoms with Gasteiger partial charge in [0.15, 0.2) is 17.0 Å². The summed E-state index contributed by atoms with van der Waals surface area (Å²) in [7, 11) is 1.85. The van der Waals surface area contributed by atoms with Crippen LogP contribution < -0.4 is 0 Å². The number of nitrogens with zero attached hydrogens (tertiary/aromatic N) is 7. The third-order valence-electron chi connectivity index (χ3n) is 5.47. The molecule has 1 atom stereocenters. The molecule has 0 saturated carbocycles. The Labute approximate surface area is 187 Å². The Balaban J connectivity index is 1.58. The van der Waals surface area contributed by atoms with Gasteiger partial charge < -0.3 is 9.30 Å².